The molecule has 1 amide bonds. The molecule has 0 fully saturated rings. The Labute approximate surface area is 215 Å². The lowest BCUT2D eigenvalue weighted by molar-refractivity contribution is -0.387. The van der Waals surface area contributed by atoms with Crippen LogP contribution in [0.2, 0.25) is 0 Å². The Kier molecular flexibility index (Phi) is 6.19. The first-order valence-corrected chi connectivity index (χ1v) is 13.0. The van der Waals surface area contributed by atoms with Crippen molar-refractivity contribution in [1.82, 2.24) is 4.90 Å². The summed E-state index contributed by atoms with van der Waals surface area (Å²) in [6, 6.07) is 20.1. The van der Waals surface area contributed by atoms with E-state index in [0.717, 1.165) is 23.4 Å². The molecular formula is C25H16N4O6S2. The second kappa shape index (κ2) is 9.48. The van der Waals surface area contributed by atoms with Crippen molar-refractivity contribution in [3.05, 3.63) is 111 Å². The minimum atomic E-state index is -4.47. The highest BCUT2D eigenvalue weighted by molar-refractivity contribution is 8.17. The molecule has 0 aromatic heterocycles. The maximum Gasteiger partial charge on any atom is 0.346 e. The van der Waals surface area contributed by atoms with Gasteiger partial charge in [0.05, 0.1) is 16.2 Å². The number of amidine groups is 2. The molecule has 12 heteroatoms. The van der Waals surface area contributed by atoms with Gasteiger partial charge in [0.1, 0.15) is 11.6 Å². The highest BCUT2D eigenvalue weighted by atomic mass is 32.2. The molecule has 0 unspecified atom stereocenters. The fraction of sp³-hybridized carbons (Fsp3) is 0. The number of thioether (sulfide) groups is 1. The molecule has 0 radical (unpaired) electrons. The minimum Gasteiger partial charge on any atom is -0.379 e. The quantitative estimate of drug-likeness (QED) is 0.209. The van der Waals surface area contributed by atoms with Crippen LogP contribution in [0.25, 0.3) is 11.8 Å². The lowest BCUT2D eigenvalue weighted by Gasteiger charge is -2.26. The van der Waals surface area contributed by atoms with Crippen LogP contribution in [0.5, 0.6) is 5.75 Å². The van der Waals surface area contributed by atoms with Crippen molar-refractivity contribution in [3.8, 4) is 5.75 Å². The zero-order valence-electron chi connectivity index (χ0n) is 18.8. The van der Waals surface area contributed by atoms with Crippen LogP contribution in [0.3, 0.4) is 0 Å². The number of carbonyl (C=O) groups excluding carboxylic acids is 1. The van der Waals surface area contributed by atoms with Gasteiger partial charge < -0.3 is 4.18 Å². The van der Waals surface area contributed by atoms with Crippen molar-refractivity contribution in [2.75, 3.05) is 0 Å². The number of benzene rings is 3. The molecule has 5 rings (SSSR count). The molecule has 3 aromatic rings. The maximum atomic E-state index is 12.7. The Hall–Kier alpha value is -4.55. The van der Waals surface area contributed by atoms with E-state index in [1.165, 1.54) is 54.2 Å². The van der Waals surface area contributed by atoms with Crippen molar-refractivity contribution in [1.29, 1.82) is 5.41 Å². The highest BCUT2D eigenvalue weighted by Crippen LogP contribution is 2.37. The summed E-state index contributed by atoms with van der Waals surface area (Å²) >= 11 is 1.26. The van der Waals surface area contributed by atoms with Gasteiger partial charge in [0.2, 0.25) is 0 Å². The Morgan fingerprint density at radius 2 is 1.68 bits per heavy atom. The van der Waals surface area contributed by atoms with Gasteiger partial charge in [-0.05, 0) is 35.4 Å². The van der Waals surface area contributed by atoms with Crippen molar-refractivity contribution < 1.29 is 22.3 Å². The van der Waals surface area contributed by atoms with Crippen LogP contribution in [-0.2, 0) is 14.9 Å². The normalized spacial score (nSPS) is 16.3. The number of aliphatic imine (C=N–C) groups is 1. The van der Waals surface area contributed by atoms with Crippen molar-refractivity contribution in [2.24, 2.45) is 4.99 Å². The molecule has 37 heavy (non-hydrogen) atoms. The van der Waals surface area contributed by atoms with E-state index in [0.29, 0.717) is 10.7 Å². The monoisotopic (exact) mass is 532 g/mol. The predicted octanol–water partition coefficient (Wildman–Crippen LogP) is 4.67. The Morgan fingerprint density at radius 1 is 1.00 bits per heavy atom. The summed E-state index contributed by atoms with van der Waals surface area (Å²) in [5.41, 5.74) is 1.58. The fourth-order valence-corrected chi connectivity index (χ4v) is 5.68. The van der Waals surface area contributed by atoms with Crippen LogP contribution in [0.1, 0.15) is 11.1 Å². The molecule has 10 nitrogen and oxygen atoms in total. The molecule has 2 aliphatic rings. The lowest BCUT2D eigenvalue weighted by atomic mass is 10.1. The first-order chi connectivity index (χ1) is 17.7. The number of rotatable bonds is 6. The van der Waals surface area contributed by atoms with Crippen LogP contribution in [0, 0.1) is 15.5 Å². The van der Waals surface area contributed by atoms with E-state index in [4.69, 9.17) is 9.59 Å². The van der Waals surface area contributed by atoms with Crippen LogP contribution in [-0.4, -0.2) is 35.2 Å². The van der Waals surface area contributed by atoms with Gasteiger partial charge in [-0.15, -0.1) is 0 Å². The second-order valence-corrected chi connectivity index (χ2v) is 10.1. The summed E-state index contributed by atoms with van der Waals surface area (Å²) in [5, 5.41) is 22.1. The molecule has 0 bridgehead atoms. The summed E-state index contributed by atoms with van der Waals surface area (Å²) in [6.45, 7) is 0. The summed E-state index contributed by atoms with van der Waals surface area (Å²) in [7, 11) is -4.47. The molecular weight excluding hydrogens is 516 g/mol. The van der Waals surface area contributed by atoms with Crippen molar-refractivity contribution in [2.45, 2.75) is 4.90 Å². The number of nitrogens with one attached hydrogen (secondary N) is 1. The Bertz CT molecular complexity index is 1650. The Morgan fingerprint density at radius 3 is 2.38 bits per heavy atom. The van der Waals surface area contributed by atoms with Gasteiger partial charge in [0.25, 0.3) is 11.6 Å². The number of nitrogens with zero attached hydrogens (tertiary/aromatic N) is 3. The smallest absolute Gasteiger partial charge is 0.346 e. The van der Waals surface area contributed by atoms with Crippen LogP contribution >= 0.6 is 11.8 Å². The number of amides is 1. The molecule has 0 saturated heterocycles. The van der Waals surface area contributed by atoms with Crippen LogP contribution in [0.4, 0.5) is 5.69 Å². The molecule has 2 heterocycles. The van der Waals surface area contributed by atoms with E-state index in [2.05, 4.69) is 4.99 Å². The zero-order chi connectivity index (χ0) is 26.2. The average molecular weight is 533 g/mol. The topological polar surface area (TPSA) is 143 Å². The van der Waals surface area contributed by atoms with Gasteiger partial charge in [0.15, 0.2) is 10.1 Å². The number of para-hydroxylation sites is 1. The van der Waals surface area contributed by atoms with Gasteiger partial charge in [-0.25, -0.2) is 0 Å². The molecule has 184 valence electrons. The molecule has 2 aliphatic heterocycles. The number of nitro groups is 1. The van der Waals surface area contributed by atoms with E-state index >= 15 is 0 Å². The molecule has 1 N–H and O–H groups in total. The van der Waals surface area contributed by atoms with Gasteiger partial charge in [0, 0.05) is 11.5 Å². The fourth-order valence-electron chi connectivity index (χ4n) is 3.69. The summed E-state index contributed by atoms with van der Waals surface area (Å²) < 4.78 is 30.3. The minimum absolute atomic E-state index is 0.0330. The third-order valence-electron chi connectivity index (χ3n) is 5.41. The van der Waals surface area contributed by atoms with E-state index in [-0.39, 0.29) is 17.2 Å². The number of fused-ring (bicyclic) bond motifs is 1. The second-order valence-electron chi connectivity index (χ2n) is 7.76. The van der Waals surface area contributed by atoms with E-state index in [9.17, 15) is 23.3 Å². The van der Waals surface area contributed by atoms with Crippen LogP contribution in [0.15, 0.2) is 99.7 Å². The third kappa shape index (κ3) is 4.67. The molecule has 3 aromatic carbocycles. The largest absolute Gasteiger partial charge is 0.379 e. The van der Waals surface area contributed by atoms with Crippen molar-refractivity contribution >= 4 is 56.3 Å². The lowest BCUT2D eigenvalue weighted by Crippen LogP contribution is -2.38. The summed E-state index contributed by atoms with van der Waals surface area (Å²) in [6.07, 6.45) is 1.48. The van der Waals surface area contributed by atoms with E-state index < -0.39 is 31.5 Å². The number of nitro benzene ring substituents is 1. The molecule has 0 atom stereocenters. The maximum absolute atomic E-state index is 12.7. The number of hydrogen-bond acceptors (Lipinski definition) is 8. The zero-order valence-corrected chi connectivity index (χ0v) is 20.4. The molecule has 0 spiro atoms. The average Bonchev–Trinajstić information content (AvgIpc) is 3.32. The van der Waals surface area contributed by atoms with Crippen molar-refractivity contribution in [3.63, 3.8) is 0 Å². The molecule has 0 aliphatic carbocycles. The highest BCUT2D eigenvalue weighted by Gasteiger charge is 2.36. The van der Waals surface area contributed by atoms with Gasteiger partial charge in [-0.1, -0.05) is 66.4 Å². The molecule has 0 saturated carbocycles. The Balaban J connectivity index is 1.39. The third-order valence-corrected chi connectivity index (χ3v) is 7.53. The summed E-state index contributed by atoms with van der Waals surface area (Å²) in [4.78, 5) is 28.2. The SMILES string of the molecule is N=C1/C(=C\c2ccc(OS(=O)(=O)c3ccccc3[N+](=O)[O-])cc2)C(=O)N=C2SC=C(c3ccccc3)N12. The van der Waals surface area contributed by atoms with E-state index in [1.807, 2.05) is 35.7 Å². The number of hydrogen-bond donors (Lipinski definition) is 1. The number of carbonyl (C=O) groups is 1. The van der Waals surface area contributed by atoms with Crippen LogP contribution < -0.4 is 4.18 Å². The van der Waals surface area contributed by atoms with E-state index in [1.54, 1.807) is 4.90 Å². The first kappa shape index (κ1) is 24.2. The van der Waals surface area contributed by atoms with Gasteiger partial charge in [-0.3, -0.25) is 25.2 Å². The summed E-state index contributed by atoms with van der Waals surface area (Å²) in [5.74, 6) is -0.670. The standard InChI is InChI=1S/C25H16N4O6S2/c26-23-19(24(30)27-25-28(23)21(15-36-25)17-6-2-1-3-7-17)14-16-10-12-18(13-11-16)35-37(33,34)22-9-5-4-8-20(22)29(31)32/h1-15,26H/b19-14+,26-23?. The predicted molar refractivity (Wildman–Crippen MR) is 139 cm³/mol. The first-order valence-electron chi connectivity index (χ1n) is 10.7. The van der Waals surface area contributed by atoms with Gasteiger partial charge in [-0.2, -0.15) is 13.4 Å². The van der Waals surface area contributed by atoms with Gasteiger partial charge >= 0.3 is 10.1 Å².